The van der Waals surface area contributed by atoms with Crippen molar-refractivity contribution >= 4 is 17.3 Å². The summed E-state index contributed by atoms with van der Waals surface area (Å²) >= 11 is 0. The molecule has 18 heavy (non-hydrogen) atoms. The first kappa shape index (κ1) is 11.8. The first-order valence-electron chi connectivity index (χ1n) is 5.31. The van der Waals surface area contributed by atoms with Crippen LogP contribution in [0.5, 0.6) is 0 Å². The third kappa shape index (κ3) is 2.08. The van der Waals surface area contributed by atoms with Gasteiger partial charge in [-0.2, -0.15) is 0 Å². The van der Waals surface area contributed by atoms with Crippen LogP contribution in [0.3, 0.4) is 0 Å². The molecule has 0 bridgehead atoms. The van der Waals surface area contributed by atoms with Crippen molar-refractivity contribution in [1.29, 1.82) is 0 Å². The zero-order valence-electron chi connectivity index (χ0n) is 9.75. The molecule has 92 valence electrons. The molecule has 6 nitrogen and oxygen atoms in total. The molecular formula is C12H12N4O2. The van der Waals surface area contributed by atoms with Gasteiger partial charge in [0.05, 0.1) is 10.5 Å². The summed E-state index contributed by atoms with van der Waals surface area (Å²) in [5, 5.41) is 13.9. The summed E-state index contributed by atoms with van der Waals surface area (Å²) in [6.07, 6.45) is 0. The van der Waals surface area contributed by atoms with Crippen molar-refractivity contribution in [2.75, 3.05) is 18.1 Å². The van der Waals surface area contributed by atoms with Gasteiger partial charge in [-0.15, -0.1) is 0 Å². The number of aromatic nitrogens is 1. The Morgan fingerprint density at radius 2 is 2.00 bits per heavy atom. The fraction of sp³-hybridized carbons (Fsp3) is 0.0833. The highest BCUT2D eigenvalue weighted by molar-refractivity contribution is 5.81. The second kappa shape index (κ2) is 4.70. The molecular weight excluding hydrogens is 232 g/mol. The molecule has 0 amide bonds. The van der Waals surface area contributed by atoms with Crippen LogP contribution in [0.25, 0.3) is 11.1 Å². The van der Waals surface area contributed by atoms with Crippen molar-refractivity contribution in [2.45, 2.75) is 0 Å². The first-order valence-corrected chi connectivity index (χ1v) is 5.31. The molecule has 1 aromatic carbocycles. The maximum absolute atomic E-state index is 11.1. The van der Waals surface area contributed by atoms with Crippen LogP contribution in [0.4, 0.5) is 17.3 Å². The molecule has 0 aliphatic rings. The van der Waals surface area contributed by atoms with E-state index in [-0.39, 0.29) is 11.5 Å². The minimum Gasteiger partial charge on any atom is -0.378 e. The quantitative estimate of drug-likeness (QED) is 0.638. The first-order chi connectivity index (χ1) is 8.63. The van der Waals surface area contributed by atoms with Crippen molar-refractivity contribution in [3.05, 3.63) is 46.5 Å². The molecule has 0 spiro atoms. The zero-order valence-corrected chi connectivity index (χ0v) is 9.75. The van der Waals surface area contributed by atoms with Gasteiger partial charge < -0.3 is 11.1 Å². The van der Waals surface area contributed by atoms with E-state index >= 15 is 0 Å². The van der Waals surface area contributed by atoms with Crippen LogP contribution in [0.15, 0.2) is 36.4 Å². The summed E-state index contributed by atoms with van der Waals surface area (Å²) in [6, 6.07) is 10.7. The average Bonchev–Trinajstić information content (AvgIpc) is 2.38. The Morgan fingerprint density at radius 1 is 1.33 bits per heavy atom. The molecule has 0 atom stereocenters. The van der Waals surface area contributed by atoms with E-state index in [0.717, 1.165) is 5.56 Å². The molecule has 0 radical (unpaired) electrons. The molecule has 0 aliphatic heterocycles. The number of hydrogen-bond acceptors (Lipinski definition) is 5. The molecule has 0 aliphatic carbocycles. The Morgan fingerprint density at radius 3 is 2.56 bits per heavy atom. The summed E-state index contributed by atoms with van der Waals surface area (Å²) in [4.78, 5) is 14.5. The lowest BCUT2D eigenvalue weighted by Gasteiger charge is -2.08. The number of nitrogen functional groups attached to an aromatic ring is 1. The van der Waals surface area contributed by atoms with Crippen LogP contribution >= 0.6 is 0 Å². The third-order valence-electron chi connectivity index (χ3n) is 2.54. The maximum Gasteiger partial charge on any atom is 0.319 e. The van der Waals surface area contributed by atoms with Crippen LogP contribution in [0.1, 0.15) is 0 Å². The highest BCUT2D eigenvalue weighted by atomic mass is 16.6. The Bertz CT molecular complexity index is 584. The van der Waals surface area contributed by atoms with E-state index in [1.54, 1.807) is 25.2 Å². The lowest BCUT2D eigenvalue weighted by molar-refractivity contribution is -0.383. The molecule has 2 aromatic rings. The van der Waals surface area contributed by atoms with Gasteiger partial charge in [0.15, 0.2) is 0 Å². The van der Waals surface area contributed by atoms with Crippen molar-refractivity contribution < 1.29 is 4.92 Å². The van der Waals surface area contributed by atoms with E-state index in [2.05, 4.69) is 10.3 Å². The zero-order chi connectivity index (χ0) is 13.1. The predicted octanol–water partition coefficient (Wildman–Crippen LogP) is 2.28. The van der Waals surface area contributed by atoms with E-state index in [4.69, 9.17) is 5.73 Å². The van der Waals surface area contributed by atoms with E-state index in [0.29, 0.717) is 11.4 Å². The normalized spacial score (nSPS) is 10.1. The van der Waals surface area contributed by atoms with E-state index in [9.17, 15) is 10.1 Å². The fourth-order valence-electron chi connectivity index (χ4n) is 1.72. The smallest absolute Gasteiger partial charge is 0.319 e. The average molecular weight is 244 g/mol. The van der Waals surface area contributed by atoms with Gasteiger partial charge in [0.2, 0.25) is 5.82 Å². The second-order valence-electron chi connectivity index (χ2n) is 3.66. The van der Waals surface area contributed by atoms with Gasteiger partial charge in [0.25, 0.3) is 0 Å². The van der Waals surface area contributed by atoms with Gasteiger partial charge in [-0.3, -0.25) is 10.1 Å². The standard InChI is InChI=1S/C12H12N4O2/c1-14-10-7-9(8-5-3-2-4-6-8)11(16(17)18)12(13)15-10/h2-7H,1H3,(H3,13,14,15). The van der Waals surface area contributed by atoms with Gasteiger partial charge in [-0.25, -0.2) is 4.98 Å². The van der Waals surface area contributed by atoms with Crippen molar-refractivity contribution in [1.82, 2.24) is 4.98 Å². The second-order valence-corrected chi connectivity index (χ2v) is 3.66. The van der Waals surface area contributed by atoms with E-state index in [1.165, 1.54) is 0 Å². The number of pyridine rings is 1. The Hall–Kier alpha value is -2.63. The Labute approximate surface area is 104 Å². The molecule has 3 N–H and O–H groups in total. The van der Waals surface area contributed by atoms with Crippen LogP contribution in [0, 0.1) is 10.1 Å². The molecule has 6 heteroatoms. The lowest BCUT2D eigenvalue weighted by atomic mass is 10.0. The molecule has 2 rings (SSSR count). The highest BCUT2D eigenvalue weighted by Gasteiger charge is 2.21. The SMILES string of the molecule is CNc1cc(-c2ccccc2)c([N+](=O)[O-])c(N)n1. The maximum atomic E-state index is 11.1. The number of benzene rings is 1. The molecule has 0 saturated heterocycles. The van der Waals surface area contributed by atoms with E-state index < -0.39 is 4.92 Å². The number of nitrogens with one attached hydrogen (secondary N) is 1. The number of hydrogen-bond donors (Lipinski definition) is 2. The van der Waals surface area contributed by atoms with Gasteiger partial charge >= 0.3 is 5.69 Å². The predicted molar refractivity (Wildman–Crippen MR) is 70.3 cm³/mol. The topological polar surface area (TPSA) is 94.1 Å². The van der Waals surface area contributed by atoms with Crippen molar-refractivity contribution in [3.8, 4) is 11.1 Å². The number of anilines is 2. The van der Waals surface area contributed by atoms with Gasteiger partial charge in [-0.05, 0) is 11.6 Å². The number of nitro groups is 1. The van der Waals surface area contributed by atoms with Crippen LogP contribution < -0.4 is 11.1 Å². The van der Waals surface area contributed by atoms with Crippen LogP contribution in [-0.2, 0) is 0 Å². The van der Waals surface area contributed by atoms with Gasteiger partial charge in [0, 0.05) is 7.05 Å². The van der Waals surface area contributed by atoms with Crippen LogP contribution in [0.2, 0.25) is 0 Å². The van der Waals surface area contributed by atoms with Crippen LogP contribution in [-0.4, -0.2) is 17.0 Å². The Balaban J connectivity index is 2.71. The molecule has 0 fully saturated rings. The van der Waals surface area contributed by atoms with Crippen molar-refractivity contribution in [3.63, 3.8) is 0 Å². The molecule has 1 aromatic heterocycles. The summed E-state index contributed by atoms with van der Waals surface area (Å²) in [7, 11) is 1.68. The molecule has 1 heterocycles. The van der Waals surface area contributed by atoms with Gasteiger partial charge in [-0.1, -0.05) is 30.3 Å². The Kier molecular flexibility index (Phi) is 3.09. The number of nitrogens with two attached hydrogens (primary N) is 1. The minimum atomic E-state index is -0.510. The monoisotopic (exact) mass is 244 g/mol. The summed E-state index contributed by atoms with van der Waals surface area (Å²) in [5.41, 5.74) is 6.66. The summed E-state index contributed by atoms with van der Waals surface area (Å²) in [5.74, 6) is 0.405. The highest BCUT2D eigenvalue weighted by Crippen LogP contribution is 2.35. The number of nitrogens with zero attached hydrogens (tertiary/aromatic N) is 2. The largest absolute Gasteiger partial charge is 0.378 e. The number of rotatable bonds is 3. The summed E-state index contributed by atoms with van der Waals surface area (Å²) in [6.45, 7) is 0. The summed E-state index contributed by atoms with van der Waals surface area (Å²) < 4.78 is 0. The molecule has 0 saturated carbocycles. The minimum absolute atomic E-state index is 0.0919. The van der Waals surface area contributed by atoms with E-state index in [1.807, 2.05) is 18.2 Å². The van der Waals surface area contributed by atoms with Crippen molar-refractivity contribution in [2.24, 2.45) is 0 Å². The molecule has 0 unspecified atom stereocenters. The lowest BCUT2D eigenvalue weighted by Crippen LogP contribution is -2.03. The fourth-order valence-corrected chi connectivity index (χ4v) is 1.72. The van der Waals surface area contributed by atoms with Gasteiger partial charge in [0.1, 0.15) is 5.82 Å². The third-order valence-corrected chi connectivity index (χ3v) is 2.54.